The number of ether oxygens (including phenoxy) is 3. The Balaban J connectivity index is 2.27. The summed E-state index contributed by atoms with van der Waals surface area (Å²) in [5.74, 6) is -0.305. The highest BCUT2D eigenvalue weighted by atomic mass is 32.2. The molecular formula is C20H20F2O6S. The molecule has 0 aromatic heterocycles. The van der Waals surface area contributed by atoms with Gasteiger partial charge in [0.15, 0.2) is 27.1 Å². The van der Waals surface area contributed by atoms with Crippen LogP contribution in [0.4, 0.5) is 8.78 Å². The van der Waals surface area contributed by atoms with Gasteiger partial charge in [-0.25, -0.2) is 8.42 Å². The molecule has 0 radical (unpaired) electrons. The van der Waals surface area contributed by atoms with E-state index < -0.39 is 22.2 Å². The standard InChI is InChI=1S/C20H20F2O6S/c1-4-27-17-11-13(6-9-16(17)28-20(21)22)5-8-15(23)14-7-10-19(29(3,24)25)18(12-14)26-2/h5-12,20H,4H2,1-3H3/b8-5+. The van der Waals surface area contributed by atoms with E-state index in [2.05, 4.69) is 4.74 Å². The van der Waals surface area contributed by atoms with Crippen LogP contribution in [-0.2, 0) is 9.84 Å². The number of benzene rings is 2. The summed E-state index contributed by atoms with van der Waals surface area (Å²) >= 11 is 0. The van der Waals surface area contributed by atoms with E-state index in [4.69, 9.17) is 9.47 Å². The van der Waals surface area contributed by atoms with Gasteiger partial charge in [-0.05, 0) is 48.9 Å². The van der Waals surface area contributed by atoms with Gasteiger partial charge in [0, 0.05) is 11.8 Å². The minimum atomic E-state index is -3.50. The lowest BCUT2D eigenvalue weighted by atomic mass is 10.1. The summed E-state index contributed by atoms with van der Waals surface area (Å²) < 4.78 is 63.2. The molecule has 0 amide bonds. The molecule has 2 aromatic carbocycles. The first-order valence-electron chi connectivity index (χ1n) is 8.48. The lowest BCUT2D eigenvalue weighted by Crippen LogP contribution is -2.04. The second kappa shape index (κ2) is 9.51. The monoisotopic (exact) mass is 426 g/mol. The van der Waals surface area contributed by atoms with Crippen LogP contribution in [0.15, 0.2) is 47.4 Å². The summed E-state index contributed by atoms with van der Waals surface area (Å²) in [4.78, 5) is 12.4. The number of methoxy groups -OCH3 is 1. The Bertz CT molecular complexity index is 1020. The second-order valence-corrected chi connectivity index (χ2v) is 7.84. The van der Waals surface area contributed by atoms with E-state index in [1.807, 2.05) is 0 Å². The Labute approximate surface area is 167 Å². The molecule has 0 heterocycles. The fourth-order valence-corrected chi connectivity index (χ4v) is 3.31. The number of halogens is 2. The first-order chi connectivity index (χ1) is 13.7. The quantitative estimate of drug-likeness (QED) is 0.446. The maximum atomic E-state index is 12.5. The first-order valence-corrected chi connectivity index (χ1v) is 10.4. The van der Waals surface area contributed by atoms with Crippen molar-refractivity contribution in [2.24, 2.45) is 0 Å². The molecule has 0 N–H and O–H groups in total. The van der Waals surface area contributed by atoms with Crippen molar-refractivity contribution in [3.8, 4) is 17.2 Å². The highest BCUT2D eigenvalue weighted by molar-refractivity contribution is 7.90. The van der Waals surface area contributed by atoms with Crippen LogP contribution in [0, 0.1) is 0 Å². The summed E-state index contributed by atoms with van der Waals surface area (Å²) in [5.41, 5.74) is 0.760. The highest BCUT2D eigenvalue weighted by Gasteiger charge is 2.16. The van der Waals surface area contributed by atoms with Crippen LogP contribution in [0.25, 0.3) is 6.08 Å². The van der Waals surface area contributed by atoms with Gasteiger partial charge < -0.3 is 14.2 Å². The average molecular weight is 426 g/mol. The summed E-state index contributed by atoms with van der Waals surface area (Å²) in [6.07, 6.45) is 3.80. The normalized spacial score (nSPS) is 11.7. The third-order valence-electron chi connectivity index (χ3n) is 3.76. The summed E-state index contributed by atoms with van der Waals surface area (Å²) in [5, 5.41) is 0. The first kappa shape index (κ1) is 22.4. The third kappa shape index (κ3) is 6.02. The summed E-state index contributed by atoms with van der Waals surface area (Å²) in [6, 6.07) is 8.32. The van der Waals surface area contributed by atoms with E-state index in [1.54, 1.807) is 6.92 Å². The molecule has 0 atom stereocenters. The van der Waals surface area contributed by atoms with Crippen molar-refractivity contribution in [2.75, 3.05) is 20.0 Å². The number of ketones is 1. The van der Waals surface area contributed by atoms with E-state index in [-0.39, 0.29) is 34.3 Å². The Hall–Kier alpha value is -2.94. The fourth-order valence-electron chi connectivity index (χ4n) is 2.49. The van der Waals surface area contributed by atoms with Crippen molar-refractivity contribution in [3.05, 3.63) is 53.6 Å². The minimum absolute atomic E-state index is 0.0171. The molecule has 29 heavy (non-hydrogen) atoms. The van der Waals surface area contributed by atoms with Gasteiger partial charge in [0.25, 0.3) is 0 Å². The molecular weight excluding hydrogens is 406 g/mol. The predicted molar refractivity (Wildman–Crippen MR) is 104 cm³/mol. The van der Waals surface area contributed by atoms with E-state index in [0.717, 1.165) is 6.26 Å². The zero-order valence-electron chi connectivity index (χ0n) is 16.0. The second-order valence-electron chi connectivity index (χ2n) is 5.85. The molecule has 6 nitrogen and oxygen atoms in total. The van der Waals surface area contributed by atoms with Gasteiger partial charge in [0.1, 0.15) is 10.6 Å². The van der Waals surface area contributed by atoms with E-state index in [9.17, 15) is 22.0 Å². The number of rotatable bonds is 9. The van der Waals surface area contributed by atoms with E-state index in [1.165, 1.54) is 55.7 Å². The number of hydrogen-bond acceptors (Lipinski definition) is 6. The number of hydrogen-bond donors (Lipinski definition) is 0. The third-order valence-corrected chi connectivity index (χ3v) is 4.89. The highest BCUT2D eigenvalue weighted by Crippen LogP contribution is 2.30. The van der Waals surface area contributed by atoms with Crippen LogP contribution in [0.5, 0.6) is 17.2 Å². The van der Waals surface area contributed by atoms with Crippen molar-refractivity contribution in [3.63, 3.8) is 0 Å². The Morgan fingerprint density at radius 3 is 2.41 bits per heavy atom. The van der Waals surface area contributed by atoms with Crippen molar-refractivity contribution >= 4 is 21.7 Å². The molecule has 156 valence electrons. The van der Waals surface area contributed by atoms with Crippen LogP contribution in [0.2, 0.25) is 0 Å². The Kier molecular flexibility index (Phi) is 7.33. The van der Waals surface area contributed by atoms with E-state index >= 15 is 0 Å². The summed E-state index contributed by atoms with van der Waals surface area (Å²) in [7, 11) is -2.19. The van der Waals surface area contributed by atoms with Crippen LogP contribution in [0.3, 0.4) is 0 Å². The zero-order chi connectivity index (χ0) is 21.6. The van der Waals surface area contributed by atoms with Gasteiger partial charge in [-0.15, -0.1) is 0 Å². The van der Waals surface area contributed by atoms with Crippen LogP contribution < -0.4 is 14.2 Å². The minimum Gasteiger partial charge on any atom is -0.495 e. The SMILES string of the molecule is CCOc1cc(/C=C/C(=O)c2ccc(S(C)(=O)=O)c(OC)c2)ccc1OC(F)F. The maximum Gasteiger partial charge on any atom is 0.387 e. The predicted octanol–water partition coefficient (Wildman–Crippen LogP) is 3.99. The molecule has 2 aromatic rings. The number of allylic oxidation sites excluding steroid dienone is 1. The fraction of sp³-hybridized carbons (Fsp3) is 0.250. The van der Waals surface area contributed by atoms with Crippen molar-refractivity contribution in [1.29, 1.82) is 0 Å². The molecule has 0 saturated heterocycles. The van der Waals surface area contributed by atoms with Crippen LogP contribution >= 0.6 is 0 Å². The maximum absolute atomic E-state index is 12.5. The molecule has 0 unspecified atom stereocenters. The van der Waals surface area contributed by atoms with Crippen molar-refractivity contribution in [2.45, 2.75) is 18.4 Å². The molecule has 0 bridgehead atoms. The van der Waals surface area contributed by atoms with Crippen molar-refractivity contribution < 1.29 is 36.2 Å². The molecule has 0 saturated carbocycles. The number of sulfone groups is 1. The van der Waals surface area contributed by atoms with Gasteiger partial charge >= 0.3 is 6.61 Å². The lowest BCUT2D eigenvalue weighted by Gasteiger charge is -2.11. The van der Waals surface area contributed by atoms with Gasteiger partial charge in [-0.1, -0.05) is 12.1 Å². The molecule has 0 aliphatic heterocycles. The Morgan fingerprint density at radius 1 is 1.10 bits per heavy atom. The number of carbonyl (C=O) groups excluding carboxylic acids is 1. The zero-order valence-corrected chi connectivity index (χ0v) is 16.8. The molecule has 9 heteroatoms. The molecule has 0 aliphatic carbocycles. The average Bonchev–Trinajstić information content (AvgIpc) is 2.66. The summed E-state index contributed by atoms with van der Waals surface area (Å²) in [6.45, 7) is -1.04. The largest absolute Gasteiger partial charge is 0.495 e. The van der Waals surface area contributed by atoms with Gasteiger partial charge in [0.05, 0.1) is 13.7 Å². The topological polar surface area (TPSA) is 78.9 Å². The molecule has 0 aliphatic rings. The van der Waals surface area contributed by atoms with Crippen LogP contribution in [-0.4, -0.2) is 40.8 Å². The molecule has 0 spiro atoms. The number of carbonyl (C=O) groups is 1. The van der Waals surface area contributed by atoms with E-state index in [0.29, 0.717) is 5.56 Å². The van der Waals surface area contributed by atoms with Gasteiger partial charge in [-0.3, -0.25) is 4.79 Å². The lowest BCUT2D eigenvalue weighted by molar-refractivity contribution is -0.0514. The smallest absolute Gasteiger partial charge is 0.387 e. The van der Waals surface area contributed by atoms with Gasteiger partial charge in [0.2, 0.25) is 0 Å². The number of alkyl halides is 2. The van der Waals surface area contributed by atoms with Gasteiger partial charge in [-0.2, -0.15) is 8.78 Å². The molecule has 2 rings (SSSR count). The van der Waals surface area contributed by atoms with Crippen molar-refractivity contribution in [1.82, 2.24) is 0 Å². The Morgan fingerprint density at radius 2 is 1.83 bits per heavy atom. The van der Waals surface area contributed by atoms with Crippen LogP contribution in [0.1, 0.15) is 22.8 Å². The molecule has 0 fully saturated rings.